The van der Waals surface area contributed by atoms with Crippen molar-refractivity contribution in [2.45, 2.75) is 58.0 Å². The Morgan fingerprint density at radius 2 is 2.06 bits per heavy atom. The van der Waals surface area contributed by atoms with E-state index in [0.29, 0.717) is 19.2 Å². The zero-order valence-corrected chi connectivity index (χ0v) is 12.1. The number of likely N-dealkylation sites (N-methyl/N-ethyl adjacent to an activating group) is 1. The molecule has 0 saturated heterocycles. The van der Waals surface area contributed by atoms with E-state index in [-0.39, 0.29) is 11.9 Å². The smallest absolute Gasteiger partial charge is 0.234 e. The number of carbonyl (C=O) groups excluding carboxylic acids is 1. The van der Waals surface area contributed by atoms with Crippen molar-refractivity contribution in [1.29, 1.82) is 0 Å². The first kappa shape index (κ1) is 15.4. The van der Waals surface area contributed by atoms with Gasteiger partial charge in [-0.2, -0.15) is 0 Å². The Bertz CT molecular complexity index is 240. The Morgan fingerprint density at radius 3 is 2.61 bits per heavy atom. The predicted molar refractivity (Wildman–Crippen MR) is 73.6 cm³/mol. The summed E-state index contributed by atoms with van der Waals surface area (Å²) in [5.74, 6) is 0.118. The zero-order chi connectivity index (χ0) is 13.4. The van der Waals surface area contributed by atoms with Gasteiger partial charge < -0.3 is 10.1 Å². The molecule has 0 spiro atoms. The molecule has 0 aliphatic heterocycles. The summed E-state index contributed by atoms with van der Waals surface area (Å²) in [5, 5.41) is 2.98. The Labute approximate surface area is 111 Å². The molecule has 0 bridgehead atoms. The number of hydrogen-bond acceptors (Lipinski definition) is 3. The quantitative estimate of drug-likeness (QED) is 0.755. The van der Waals surface area contributed by atoms with E-state index in [4.69, 9.17) is 4.74 Å². The van der Waals surface area contributed by atoms with Crippen LogP contribution >= 0.6 is 0 Å². The second-order valence-corrected chi connectivity index (χ2v) is 5.28. The van der Waals surface area contributed by atoms with Crippen LogP contribution in [0.15, 0.2) is 0 Å². The molecule has 1 N–H and O–H groups in total. The van der Waals surface area contributed by atoms with Crippen molar-refractivity contribution in [3.8, 4) is 0 Å². The van der Waals surface area contributed by atoms with E-state index in [9.17, 15) is 4.79 Å². The lowest BCUT2D eigenvalue weighted by Gasteiger charge is -2.33. The molecule has 18 heavy (non-hydrogen) atoms. The number of rotatable bonds is 7. The second kappa shape index (κ2) is 8.48. The number of carbonyl (C=O) groups is 1. The van der Waals surface area contributed by atoms with E-state index >= 15 is 0 Å². The van der Waals surface area contributed by atoms with Gasteiger partial charge in [-0.3, -0.25) is 9.69 Å². The first-order valence-electron chi connectivity index (χ1n) is 7.19. The molecule has 0 radical (unpaired) electrons. The normalized spacial score (nSPS) is 18.9. The Kier molecular flexibility index (Phi) is 7.28. The van der Waals surface area contributed by atoms with Crippen LogP contribution in [0.2, 0.25) is 0 Å². The Hall–Kier alpha value is -0.610. The zero-order valence-electron chi connectivity index (χ0n) is 12.1. The molecule has 0 aromatic carbocycles. The van der Waals surface area contributed by atoms with Crippen LogP contribution in [-0.2, 0) is 9.53 Å². The minimum absolute atomic E-state index is 0.0903. The van der Waals surface area contributed by atoms with Crippen molar-refractivity contribution in [2.75, 3.05) is 26.8 Å². The molecule has 1 saturated carbocycles. The van der Waals surface area contributed by atoms with Gasteiger partial charge in [0.05, 0.1) is 13.2 Å². The average molecular weight is 256 g/mol. The molecule has 0 heterocycles. The molecule has 1 fully saturated rings. The number of nitrogens with zero attached hydrogens (tertiary/aromatic N) is 1. The summed E-state index contributed by atoms with van der Waals surface area (Å²) >= 11 is 0. The lowest BCUT2D eigenvalue weighted by molar-refractivity contribution is -0.123. The highest BCUT2D eigenvalue weighted by molar-refractivity contribution is 5.78. The molecule has 106 valence electrons. The van der Waals surface area contributed by atoms with Gasteiger partial charge in [0.15, 0.2) is 0 Å². The van der Waals surface area contributed by atoms with Gasteiger partial charge in [-0.1, -0.05) is 26.2 Å². The van der Waals surface area contributed by atoms with Gasteiger partial charge in [0, 0.05) is 19.2 Å². The fourth-order valence-corrected chi connectivity index (χ4v) is 2.74. The van der Waals surface area contributed by atoms with Crippen molar-refractivity contribution < 1.29 is 9.53 Å². The molecule has 1 rings (SSSR count). The molecule has 1 amide bonds. The lowest BCUT2D eigenvalue weighted by Crippen LogP contribution is -2.46. The van der Waals surface area contributed by atoms with Crippen LogP contribution in [0.25, 0.3) is 0 Å². The minimum Gasteiger partial charge on any atom is -0.383 e. The monoisotopic (exact) mass is 256 g/mol. The molecular weight excluding hydrogens is 228 g/mol. The van der Waals surface area contributed by atoms with Crippen LogP contribution in [-0.4, -0.2) is 49.7 Å². The summed E-state index contributed by atoms with van der Waals surface area (Å²) in [6.45, 7) is 6.16. The van der Waals surface area contributed by atoms with E-state index in [0.717, 1.165) is 6.54 Å². The number of amides is 1. The first-order chi connectivity index (χ1) is 8.67. The van der Waals surface area contributed by atoms with Crippen molar-refractivity contribution in [1.82, 2.24) is 10.2 Å². The standard InChI is InChI=1S/C14H28N2O2/c1-4-16(13-8-6-5-7-9-13)10-14(17)15-12(2)11-18-3/h12-13H,4-11H2,1-3H3,(H,15,17). The van der Waals surface area contributed by atoms with Crippen LogP contribution in [0.4, 0.5) is 0 Å². The van der Waals surface area contributed by atoms with Crippen molar-refractivity contribution >= 4 is 5.91 Å². The van der Waals surface area contributed by atoms with Crippen LogP contribution in [0, 0.1) is 0 Å². The van der Waals surface area contributed by atoms with E-state index < -0.39 is 0 Å². The highest BCUT2D eigenvalue weighted by Gasteiger charge is 2.22. The molecule has 0 aromatic rings. The van der Waals surface area contributed by atoms with E-state index in [2.05, 4.69) is 17.1 Å². The maximum Gasteiger partial charge on any atom is 0.234 e. The van der Waals surface area contributed by atoms with Crippen molar-refractivity contribution in [3.05, 3.63) is 0 Å². The fraction of sp³-hybridized carbons (Fsp3) is 0.929. The maximum atomic E-state index is 11.9. The fourth-order valence-electron chi connectivity index (χ4n) is 2.74. The van der Waals surface area contributed by atoms with Crippen LogP contribution < -0.4 is 5.32 Å². The summed E-state index contributed by atoms with van der Waals surface area (Å²) < 4.78 is 5.02. The molecule has 4 heteroatoms. The van der Waals surface area contributed by atoms with Crippen LogP contribution in [0.3, 0.4) is 0 Å². The molecule has 1 atom stereocenters. The molecule has 1 unspecified atom stereocenters. The summed E-state index contributed by atoms with van der Waals surface area (Å²) in [6, 6.07) is 0.694. The van der Waals surface area contributed by atoms with Gasteiger partial charge in [0.1, 0.15) is 0 Å². The molecule has 1 aliphatic carbocycles. The summed E-state index contributed by atoms with van der Waals surface area (Å²) in [5.41, 5.74) is 0. The third-order valence-corrected chi connectivity index (χ3v) is 3.67. The number of hydrogen-bond donors (Lipinski definition) is 1. The minimum atomic E-state index is 0.0903. The highest BCUT2D eigenvalue weighted by atomic mass is 16.5. The van der Waals surface area contributed by atoms with Gasteiger partial charge in [0.25, 0.3) is 0 Å². The van der Waals surface area contributed by atoms with Crippen LogP contribution in [0.5, 0.6) is 0 Å². The summed E-state index contributed by atoms with van der Waals surface area (Å²) in [7, 11) is 1.66. The van der Waals surface area contributed by atoms with Crippen molar-refractivity contribution in [3.63, 3.8) is 0 Å². The lowest BCUT2D eigenvalue weighted by atomic mass is 9.94. The van der Waals surface area contributed by atoms with Crippen molar-refractivity contribution in [2.24, 2.45) is 0 Å². The van der Waals surface area contributed by atoms with Gasteiger partial charge >= 0.3 is 0 Å². The van der Waals surface area contributed by atoms with Gasteiger partial charge in [0.2, 0.25) is 5.91 Å². The first-order valence-corrected chi connectivity index (χ1v) is 7.19. The van der Waals surface area contributed by atoms with E-state index in [1.807, 2.05) is 6.92 Å². The average Bonchev–Trinajstić information content (AvgIpc) is 2.37. The highest BCUT2D eigenvalue weighted by Crippen LogP contribution is 2.22. The molecule has 1 aliphatic rings. The SMILES string of the molecule is CCN(CC(=O)NC(C)COC)C1CCCCC1. The van der Waals surface area contributed by atoms with Gasteiger partial charge in [-0.05, 0) is 26.3 Å². The second-order valence-electron chi connectivity index (χ2n) is 5.28. The maximum absolute atomic E-state index is 11.9. The van der Waals surface area contributed by atoms with E-state index in [1.165, 1.54) is 32.1 Å². The number of methoxy groups -OCH3 is 1. The molecular formula is C14H28N2O2. The van der Waals surface area contributed by atoms with Gasteiger partial charge in [-0.25, -0.2) is 0 Å². The third-order valence-electron chi connectivity index (χ3n) is 3.67. The molecule has 0 aromatic heterocycles. The topological polar surface area (TPSA) is 41.6 Å². The van der Waals surface area contributed by atoms with Crippen LogP contribution in [0.1, 0.15) is 46.0 Å². The third kappa shape index (κ3) is 5.36. The summed E-state index contributed by atoms with van der Waals surface area (Å²) in [6.07, 6.45) is 6.46. The Balaban J connectivity index is 2.34. The largest absolute Gasteiger partial charge is 0.383 e. The predicted octanol–water partition coefficient (Wildman–Crippen LogP) is 1.79. The Morgan fingerprint density at radius 1 is 1.39 bits per heavy atom. The number of ether oxygens (including phenoxy) is 1. The molecule has 4 nitrogen and oxygen atoms in total. The summed E-state index contributed by atoms with van der Waals surface area (Å²) in [4.78, 5) is 14.2. The van der Waals surface area contributed by atoms with E-state index in [1.54, 1.807) is 7.11 Å². The van der Waals surface area contributed by atoms with Gasteiger partial charge in [-0.15, -0.1) is 0 Å². The number of nitrogens with one attached hydrogen (secondary N) is 1.